The highest BCUT2D eigenvalue weighted by Crippen LogP contribution is 2.44. The van der Waals surface area contributed by atoms with E-state index >= 15 is 0 Å². The maximum Gasteiger partial charge on any atom is 0.0408 e. The summed E-state index contributed by atoms with van der Waals surface area (Å²) in [6, 6.07) is 16.2. The summed E-state index contributed by atoms with van der Waals surface area (Å²) in [4.78, 5) is 0. The fraction of sp³-hybridized carbons (Fsp3) is 0.333. The third kappa shape index (κ3) is 2.73. The molecule has 0 radical (unpaired) electrons. The first-order valence-corrected chi connectivity index (χ1v) is 7.53. The second kappa shape index (κ2) is 5.42. The number of rotatable bonds is 3. The molecule has 0 amide bonds. The van der Waals surface area contributed by atoms with Gasteiger partial charge >= 0.3 is 0 Å². The molecule has 0 aliphatic carbocycles. The maximum absolute atomic E-state index is 6.15. The molecule has 0 spiro atoms. The highest BCUT2D eigenvalue weighted by molar-refractivity contribution is 6.30. The third-order valence-electron chi connectivity index (χ3n) is 4.66. The summed E-state index contributed by atoms with van der Waals surface area (Å²) >= 11 is 12.3. The van der Waals surface area contributed by atoms with Crippen LogP contribution in [0.3, 0.4) is 0 Å². The Kier molecular flexibility index (Phi) is 4.18. The molecule has 0 saturated heterocycles. The normalized spacial score (nSPS) is 12.5. The van der Waals surface area contributed by atoms with Crippen LogP contribution in [0.4, 0.5) is 0 Å². The van der Waals surface area contributed by atoms with E-state index < -0.39 is 0 Å². The molecule has 0 bridgehead atoms. The van der Waals surface area contributed by atoms with Crippen LogP contribution in [0.2, 0.25) is 10.0 Å². The van der Waals surface area contributed by atoms with Crippen LogP contribution in [0.5, 0.6) is 0 Å². The van der Waals surface area contributed by atoms with Crippen molar-refractivity contribution in [2.24, 2.45) is 0 Å². The van der Waals surface area contributed by atoms with Crippen LogP contribution >= 0.6 is 23.2 Å². The minimum Gasteiger partial charge on any atom is -0.0843 e. The lowest BCUT2D eigenvalue weighted by Gasteiger charge is -2.43. The van der Waals surface area contributed by atoms with Gasteiger partial charge in [0.05, 0.1) is 0 Å². The molecule has 0 aliphatic heterocycles. The van der Waals surface area contributed by atoms with Gasteiger partial charge in [0.1, 0.15) is 0 Å². The Balaban J connectivity index is 2.51. The second-order valence-corrected chi connectivity index (χ2v) is 7.14. The van der Waals surface area contributed by atoms with Gasteiger partial charge in [0.15, 0.2) is 0 Å². The van der Waals surface area contributed by atoms with Crippen LogP contribution in [0.25, 0.3) is 0 Å². The average Bonchev–Trinajstić information content (AvgIpc) is 2.38. The molecule has 0 heterocycles. The molecule has 2 rings (SSSR count). The van der Waals surface area contributed by atoms with Crippen molar-refractivity contribution in [1.29, 1.82) is 0 Å². The Hall–Kier alpha value is -0.980. The molecular weight excluding hydrogens is 287 g/mol. The summed E-state index contributed by atoms with van der Waals surface area (Å²) in [6.45, 7) is 9.00. The van der Waals surface area contributed by atoms with Gasteiger partial charge in [-0.2, -0.15) is 0 Å². The standard InChI is InChI=1S/C18H20Cl2/c1-17(2,13-7-5-9-15(19)11-13)18(3,4)14-8-6-10-16(20)12-14/h5-12H,1-4H3. The summed E-state index contributed by atoms with van der Waals surface area (Å²) in [7, 11) is 0. The monoisotopic (exact) mass is 306 g/mol. The van der Waals surface area contributed by atoms with E-state index in [9.17, 15) is 0 Å². The minimum absolute atomic E-state index is 0.0669. The smallest absolute Gasteiger partial charge is 0.0408 e. The first-order valence-electron chi connectivity index (χ1n) is 6.77. The van der Waals surface area contributed by atoms with Crippen molar-refractivity contribution in [3.05, 3.63) is 69.7 Å². The van der Waals surface area contributed by atoms with Crippen molar-refractivity contribution < 1.29 is 0 Å². The molecule has 0 saturated carbocycles. The van der Waals surface area contributed by atoms with Crippen LogP contribution in [0, 0.1) is 0 Å². The van der Waals surface area contributed by atoms with Crippen molar-refractivity contribution in [3.63, 3.8) is 0 Å². The summed E-state index contributed by atoms with van der Waals surface area (Å²) in [5, 5.41) is 1.55. The van der Waals surface area contributed by atoms with E-state index in [4.69, 9.17) is 23.2 Å². The van der Waals surface area contributed by atoms with E-state index in [1.165, 1.54) is 11.1 Å². The highest BCUT2D eigenvalue weighted by atomic mass is 35.5. The molecule has 0 aromatic heterocycles. The zero-order chi connectivity index (χ0) is 15.0. The van der Waals surface area contributed by atoms with Crippen LogP contribution in [0.15, 0.2) is 48.5 Å². The minimum atomic E-state index is -0.0669. The van der Waals surface area contributed by atoms with Crippen molar-refractivity contribution in [2.75, 3.05) is 0 Å². The number of hydrogen-bond donors (Lipinski definition) is 0. The fourth-order valence-corrected chi connectivity index (χ4v) is 2.86. The van der Waals surface area contributed by atoms with E-state index in [1.54, 1.807) is 0 Å². The van der Waals surface area contributed by atoms with E-state index in [0.29, 0.717) is 0 Å². The van der Waals surface area contributed by atoms with Gasteiger partial charge in [-0.05, 0) is 46.2 Å². The number of halogens is 2. The molecule has 0 nitrogen and oxygen atoms in total. The molecule has 2 heteroatoms. The molecule has 2 aromatic carbocycles. The Morgan fingerprint density at radius 1 is 0.650 bits per heavy atom. The summed E-state index contributed by atoms with van der Waals surface area (Å²) < 4.78 is 0. The van der Waals surface area contributed by atoms with Gasteiger partial charge < -0.3 is 0 Å². The van der Waals surface area contributed by atoms with Gasteiger partial charge in [-0.3, -0.25) is 0 Å². The van der Waals surface area contributed by atoms with Gasteiger partial charge in [0.2, 0.25) is 0 Å². The van der Waals surface area contributed by atoms with E-state index in [2.05, 4.69) is 39.8 Å². The Labute approximate surface area is 131 Å². The molecule has 0 N–H and O–H groups in total. The molecule has 0 aliphatic rings. The summed E-state index contributed by atoms with van der Waals surface area (Å²) in [5.74, 6) is 0. The molecule has 0 fully saturated rings. The third-order valence-corrected chi connectivity index (χ3v) is 5.13. The van der Waals surface area contributed by atoms with E-state index in [1.807, 2.05) is 36.4 Å². The number of benzene rings is 2. The second-order valence-electron chi connectivity index (χ2n) is 6.27. The Morgan fingerprint density at radius 2 is 1.00 bits per heavy atom. The van der Waals surface area contributed by atoms with Gasteiger partial charge in [-0.1, -0.05) is 75.2 Å². The van der Waals surface area contributed by atoms with Crippen molar-refractivity contribution in [3.8, 4) is 0 Å². The zero-order valence-electron chi connectivity index (χ0n) is 12.4. The Morgan fingerprint density at radius 3 is 1.30 bits per heavy atom. The Bertz CT molecular complexity index is 557. The molecule has 0 atom stereocenters. The van der Waals surface area contributed by atoms with Crippen LogP contribution < -0.4 is 0 Å². The van der Waals surface area contributed by atoms with Crippen molar-refractivity contribution >= 4 is 23.2 Å². The van der Waals surface area contributed by atoms with Crippen LogP contribution in [0.1, 0.15) is 38.8 Å². The van der Waals surface area contributed by atoms with Crippen molar-refractivity contribution in [2.45, 2.75) is 38.5 Å². The van der Waals surface area contributed by atoms with Crippen LogP contribution in [-0.4, -0.2) is 0 Å². The fourth-order valence-electron chi connectivity index (χ4n) is 2.48. The van der Waals surface area contributed by atoms with Gasteiger partial charge in [-0.25, -0.2) is 0 Å². The molecule has 0 unspecified atom stereocenters. The van der Waals surface area contributed by atoms with Gasteiger partial charge in [0.25, 0.3) is 0 Å². The first-order chi connectivity index (χ1) is 9.25. The zero-order valence-corrected chi connectivity index (χ0v) is 13.9. The topological polar surface area (TPSA) is 0 Å². The first kappa shape index (κ1) is 15.4. The molecular formula is C18H20Cl2. The summed E-state index contributed by atoms with van der Waals surface area (Å²) in [5.41, 5.74) is 2.33. The predicted molar refractivity (Wildman–Crippen MR) is 89.0 cm³/mol. The van der Waals surface area contributed by atoms with Crippen molar-refractivity contribution in [1.82, 2.24) is 0 Å². The SMILES string of the molecule is CC(C)(c1cccc(Cl)c1)C(C)(C)c1cccc(Cl)c1. The van der Waals surface area contributed by atoms with Gasteiger partial charge in [-0.15, -0.1) is 0 Å². The molecule has 2 aromatic rings. The quantitative estimate of drug-likeness (QED) is 0.629. The van der Waals surface area contributed by atoms with Crippen LogP contribution in [-0.2, 0) is 10.8 Å². The van der Waals surface area contributed by atoms with E-state index in [-0.39, 0.29) is 10.8 Å². The average molecular weight is 307 g/mol. The highest BCUT2D eigenvalue weighted by Gasteiger charge is 2.39. The van der Waals surface area contributed by atoms with Gasteiger partial charge in [0, 0.05) is 10.0 Å². The lowest BCUT2D eigenvalue weighted by molar-refractivity contribution is 0.303. The molecule has 20 heavy (non-hydrogen) atoms. The predicted octanol–water partition coefficient (Wildman–Crippen LogP) is 6.25. The largest absolute Gasteiger partial charge is 0.0843 e. The lowest BCUT2D eigenvalue weighted by atomic mass is 9.61. The van der Waals surface area contributed by atoms with E-state index in [0.717, 1.165) is 10.0 Å². The lowest BCUT2D eigenvalue weighted by Crippen LogP contribution is -2.40. The maximum atomic E-state index is 6.15. The molecule has 106 valence electrons. The number of hydrogen-bond acceptors (Lipinski definition) is 0. The summed E-state index contributed by atoms with van der Waals surface area (Å²) in [6.07, 6.45) is 0.